The highest BCUT2D eigenvalue weighted by Crippen LogP contribution is 2.26. The van der Waals surface area contributed by atoms with Crippen LogP contribution in [0.15, 0.2) is 41.2 Å². The van der Waals surface area contributed by atoms with Gasteiger partial charge in [0.05, 0.1) is 6.04 Å². The van der Waals surface area contributed by atoms with E-state index in [2.05, 4.69) is 35.3 Å². The predicted molar refractivity (Wildman–Crippen MR) is 110 cm³/mol. The maximum atomic E-state index is 12.6. The van der Waals surface area contributed by atoms with Crippen molar-refractivity contribution < 1.29 is 4.79 Å². The SMILES string of the molecule is C=CCN(C)C(=NC)NC[C@H]1C(=C)N(C)C(=O)C(C)=C(C)N1CCCC. The standard InChI is InChI=1S/C20H35N5O/c1-9-11-13-25-16(4)15(3)19(26)24(8)17(5)18(25)14-22-20(21-6)23(7)12-10-2/h10,18H,2,5,9,11-14H2,1,3-4,6-8H3,(H,21,22)/t18-/m0/s1. The average molecular weight is 362 g/mol. The first-order valence-corrected chi connectivity index (χ1v) is 9.23. The second-order valence-electron chi connectivity index (χ2n) is 6.73. The van der Waals surface area contributed by atoms with Crippen LogP contribution in [0.1, 0.15) is 33.6 Å². The zero-order valence-electron chi connectivity index (χ0n) is 17.3. The number of nitrogens with one attached hydrogen (secondary N) is 1. The molecule has 1 N–H and O–H groups in total. The van der Waals surface area contributed by atoms with Gasteiger partial charge in [0.2, 0.25) is 0 Å². The van der Waals surface area contributed by atoms with Crippen molar-refractivity contribution in [3.63, 3.8) is 0 Å². The number of allylic oxidation sites excluding steroid dienone is 1. The molecule has 6 heteroatoms. The second kappa shape index (κ2) is 10.0. The largest absolute Gasteiger partial charge is 0.364 e. The maximum Gasteiger partial charge on any atom is 0.255 e. The van der Waals surface area contributed by atoms with E-state index in [4.69, 9.17) is 0 Å². The van der Waals surface area contributed by atoms with Crippen LogP contribution in [0, 0.1) is 0 Å². The molecule has 0 unspecified atom stereocenters. The van der Waals surface area contributed by atoms with Crippen molar-refractivity contribution in [3.05, 3.63) is 36.2 Å². The van der Waals surface area contributed by atoms with E-state index in [-0.39, 0.29) is 11.9 Å². The number of hydrogen-bond acceptors (Lipinski definition) is 3. The molecule has 0 aromatic carbocycles. The Bertz CT molecular complexity index is 593. The number of nitrogens with zero attached hydrogens (tertiary/aromatic N) is 4. The number of unbranched alkanes of at least 4 members (excludes halogenated alkanes) is 1. The number of carbonyl (C=O) groups excluding carboxylic acids is 1. The van der Waals surface area contributed by atoms with Crippen LogP contribution in [0.25, 0.3) is 0 Å². The van der Waals surface area contributed by atoms with E-state index < -0.39 is 0 Å². The normalized spacial score (nSPS) is 19.0. The highest BCUT2D eigenvalue weighted by Gasteiger charge is 2.32. The molecule has 0 fully saturated rings. The fraction of sp³-hybridized carbons (Fsp3) is 0.600. The van der Waals surface area contributed by atoms with Crippen molar-refractivity contribution in [1.29, 1.82) is 0 Å². The summed E-state index contributed by atoms with van der Waals surface area (Å²) in [6, 6.07) is -0.0122. The minimum absolute atomic E-state index is 0.0122. The van der Waals surface area contributed by atoms with Crippen LogP contribution in [0.5, 0.6) is 0 Å². The summed E-state index contributed by atoms with van der Waals surface area (Å²) in [5.41, 5.74) is 2.60. The molecule has 1 amide bonds. The fourth-order valence-electron chi connectivity index (χ4n) is 3.12. The van der Waals surface area contributed by atoms with E-state index in [1.54, 1.807) is 19.0 Å². The van der Waals surface area contributed by atoms with Gasteiger partial charge in [-0.3, -0.25) is 9.79 Å². The van der Waals surface area contributed by atoms with Crippen LogP contribution in [0.3, 0.4) is 0 Å². The van der Waals surface area contributed by atoms with Crippen molar-refractivity contribution in [2.24, 2.45) is 4.99 Å². The van der Waals surface area contributed by atoms with E-state index in [9.17, 15) is 4.79 Å². The van der Waals surface area contributed by atoms with Gasteiger partial charge in [-0.15, -0.1) is 6.58 Å². The molecule has 1 atom stereocenters. The minimum atomic E-state index is -0.0122. The molecular weight excluding hydrogens is 326 g/mol. The summed E-state index contributed by atoms with van der Waals surface area (Å²) >= 11 is 0. The molecule has 6 nitrogen and oxygen atoms in total. The summed E-state index contributed by atoms with van der Waals surface area (Å²) in [4.78, 5) is 23.0. The van der Waals surface area contributed by atoms with Crippen LogP contribution in [0.4, 0.5) is 0 Å². The first-order chi connectivity index (χ1) is 12.3. The van der Waals surface area contributed by atoms with E-state index in [1.165, 1.54) is 0 Å². The Kier molecular flexibility index (Phi) is 8.42. The first kappa shape index (κ1) is 21.8. The van der Waals surface area contributed by atoms with Gasteiger partial charge < -0.3 is 20.0 Å². The Hall–Kier alpha value is -2.24. The summed E-state index contributed by atoms with van der Waals surface area (Å²) in [6.07, 6.45) is 4.01. The van der Waals surface area contributed by atoms with Gasteiger partial charge in [0.25, 0.3) is 5.91 Å². The monoisotopic (exact) mass is 361 g/mol. The van der Waals surface area contributed by atoms with Gasteiger partial charge in [-0.2, -0.15) is 0 Å². The molecule has 0 saturated carbocycles. The van der Waals surface area contributed by atoms with Gasteiger partial charge in [-0.05, 0) is 20.3 Å². The zero-order chi connectivity index (χ0) is 19.9. The van der Waals surface area contributed by atoms with E-state index in [1.807, 2.05) is 31.9 Å². The van der Waals surface area contributed by atoms with Crippen LogP contribution >= 0.6 is 0 Å². The van der Waals surface area contributed by atoms with Gasteiger partial charge in [0.15, 0.2) is 5.96 Å². The van der Waals surface area contributed by atoms with Crippen molar-refractivity contribution in [2.75, 3.05) is 40.8 Å². The van der Waals surface area contributed by atoms with E-state index >= 15 is 0 Å². The number of aliphatic imine (C=N–C) groups is 1. The number of amides is 1. The summed E-state index contributed by atoms with van der Waals surface area (Å²) in [5, 5.41) is 3.42. The van der Waals surface area contributed by atoms with E-state index in [0.717, 1.165) is 42.3 Å². The molecule has 1 rings (SSSR count). The number of likely N-dealkylation sites (N-methyl/N-ethyl adjacent to an activating group) is 2. The molecule has 1 aliphatic heterocycles. The third-order valence-electron chi connectivity index (χ3n) is 4.97. The Labute approximate surface area is 158 Å². The lowest BCUT2D eigenvalue weighted by Crippen LogP contribution is -2.49. The summed E-state index contributed by atoms with van der Waals surface area (Å²) in [6.45, 7) is 16.3. The number of rotatable bonds is 7. The van der Waals surface area contributed by atoms with Crippen LogP contribution in [-0.4, -0.2) is 73.4 Å². The smallest absolute Gasteiger partial charge is 0.255 e. The molecule has 146 valence electrons. The molecule has 0 saturated heterocycles. The topological polar surface area (TPSA) is 51.2 Å². The van der Waals surface area contributed by atoms with Gasteiger partial charge >= 0.3 is 0 Å². The summed E-state index contributed by atoms with van der Waals surface area (Å²) < 4.78 is 0. The molecule has 0 spiro atoms. The Morgan fingerprint density at radius 3 is 2.62 bits per heavy atom. The molecule has 0 radical (unpaired) electrons. The average Bonchev–Trinajstić information content (AvgIpc) is 2.68. The molecule has 1 aliphatic rings. The van der Waals surface area contributed by atoms with Gasteiger partial charge in [0.1, 0.15) is 0 Å². The van der Waals surface area contributed by atoms with Crippen molar-refractivity contribution in [1.82, 2.24) is 20.0 Å². The molecule has 0 aromatic heterocycles. The minimum Gasteiger partial charge on any atom is -0.364 e. The second-order valence-corrected chi connectivity index (χ2v) is 6.73. The lowest BCUT2D eigenvalue weighted by Gasteiger charge is -2.36. The number of carbonyl (C=O) groups is 1. The van der Waals surface area contributed by atoms with Crippen LogP contribution < -0.4 is 5.32 Å². The maximum absolute atomic E-state index is 12.6. The molecule has 0 aromatic rings. The van der Waals surface area contributed by atoms with Gasteiger partial charge in [-0.25, -0.2) is 0 Å². The van der Waals surface area contributed by atoms with Crippen molar-refractivity contribution >= 4 is 11.9 Å². The molecule has 26 heavy (non-hydrogen) atoms. The quantitative estimate of drug-likeness (QED) is 0.430. The molecule has 0 aliphatic carbocycles. The first-order valence-electron chi connectivity index (χ1n) is 9.23. The molecule has 1 heterocycles. The lowest BCUT2D eigenvalue weighted by atomic mass is 10.1. The highest BCUT2D eigenvalue weighted by atomic mass is 16.2. The van der Waals surface area contributed by atoms with Crippen molar-refractivity contribution in [3.8, 4) is 0 Å². The van der Waals surface area contributed by atoms with Gasteiger partial charge in [0, 0.05) is 57.7 Å². The number of hydrogen-bond donors (Lipinski definition) is 1. The predicted octanol–water partition coefficient (Wildman–Crippen LogP) is 2.43. The zero-order valence-corrected chi connectivity index (χ0v) is 17.3. The summed E-state index contributed by atoms with van der Waals surface area (Å²) in [7, 11) is 5.54. The molecular formula is C20H35N5O. The Balaban J connectivity index is 3.11. The Morgan fingerprint density at radius 2 is 2.08 bits per heavy atom. The molecule has 0 bridgehead atoms. The fourth-order valence-corrected chi connectivity index (χ4v) is 3.12. The highest BCUT2D eigenvalue weighted by molar-refractivity contribution is 5.95. The van der Waals surface area contributed by atoms with E-state index in [0.29, 0.717) is 13.1 Å². The Morgan fingerprint density at radius 1 is 1.42 bits per heavy atom. The van der Waals surface area contributed by atoms with Gasteiger partial charge in [-0.1, -0.05) is 26.0 Å². The number of guanidine groups is 1. The third-order valence-corrected chi connectivity index (χ3v) is 4.97. The lowest BCUT2D eigenvalue weighted by molar-refractivity contribution is -0.124. The third kappa shape index (κ3) is 4.90. The summed E-state index contributed by atoms with van der Waals surface area (Å²) in [5.74, 6) is 0.814. The van der Waals surface area contributed by atoms with Crippen molar-refractivity contribution in [2.45, 2.75) is 39.7 Å². The van der Waals surface area contributed by atoms with Crippen LogP contribution in [-0.2, 0) is 4.79 Å². The van der Waals surface area contributed by atoms with Crippen LogP contribution in [0.2, 0.25) is 0 Å².